The number of carbonyl (C=O) groups is 2. The minimum atomic E-state index is -1.63. The molecule has 4 atom stereocenters. The lowest BCUT2D eigenvalue weighted by Gasteiger charge is -2.30. The van der Waals surface area contributed by atoms with Crippen LogP contribution in [-0.4, -0.2) is 54.4 Å². The molecular formula is C42H40N6O7. The number of amides is 2. The lowest BCUT2D eigenvalue weighted by Crippen LogP contribution is -2.55. The Balaban J connectivity index is 1.27. The number of ether oxygens (including phenoxy) is 1. The maximum Gasteiger partial charge on any atom is 0.252 e. The molecule has 55 heavy (non-hydrogen) atoms. The van der Waals surface area contributed by atoms with Crippen LogP contribution in [0.1, 0.15) is 74.9 Å². The van der Waals surface area contributed by atoms with E-state index in [1.807, 2.05) is 56.4 Å². The number of carbonyl (C=O) groups excluding carboxylic acids is 2. The second-order valence-corrected chi connectivity index (χ2v) is 15.3. The summed E-state index contributed by atoms with van der Waals surface area (Å²) < 4.78 is 22.2. The average molecular weight is 741 g/mol. The lowest BCUT2D eigenvalue weighted by atomic mass is 9.72. The van der Waals surface area contributed by atoms with E-state index in [9.17, 15) is 19.8 Å². The van der Waals surface area contributed by atoms with Crippen molar-refractivity contribution in [3.05, 3.63) is 95.3 Å². The lowest BCUT2D eigenvalue weighted by molar-refractivity contribution is -0.143. The Morgan fingerprint density at radius 1 is 1.05 bits per heavy atom. The third-order valence-corrected chi connectivity index (χ3v) is 12.1. The summed E-state index contributed by atoms with van der Waals surface area (Å²) in [4.78, 5) is 37.8. The zero-order valence-corrected chi connectivity index (χ0v) is 30.8. The highest BCUT2D eigenvalue weighted by molar-refractivity contribution is 6.08. The highest BCUT2D eigenvalue weighted by Crippen LogP contribution is 2.61. The van der Waals surface area contributed by atoms with Crippen molar-refractivity contribution in [2.45, 2.75) is 83.0 Å². The van der Waals surface area contributed by atoms with E-state index in [4.69, 9.17) is 23.5 Å². The van der Waals surface area contributed by atoms with E-state index in [0.29, 0.717) is 23.0 Å². The van der Waals surface area contributed by atoms with E-state index in [1.165, 1.54) is 0 Å². The van der Waals surface area contributed by atoms with Gasteiger partial charge in [-0.25, -0.2) is 9.97 Å². The van der Waals surface area contributed by atoms with E-state index in [-0.39, 0.29) is 43.7 Å². The summed E-state index contributed by atoms with van der Waals surface area (Å²) in [5.41, 5.74) is 4.39. The van der Waals surface area contributed by atoms with Gasteiger partial charge in [0.15, 0.2) is 23.4 Å². The molecule has 3 aromatic carbocycles. The Kier molecular flexibility index (Phi) is 7.21. The molecule has 5 N–H and O–H groups in total. The fourth-order valence-electron chi connectivity index (χ4n) is 9.00. The zero-order valence-electron chi connectivity index (χ0n) is 30.8. The van der Waals surface area contributed by atoms with Gasteiger partial charge in [0.2, 0.25) is 17.7 Å². The maximum absolute atomic E-state index is 14.3. The van der Waals surface area contributed by atoms with Gasteiger partial charge < -0.3 is 44.3 Å². The van der Waals surface area contributed by atoms with Gasteiger partial charge in [0.1, 0.15) is 35.6 Å². The molecule has 280 valence electrons. The molecule has 3 aromatic heterocycles. The average Bonchev–Trinajstić information content (AvgIpc) is 4.01. The largest absolute Gasteiger partial charge is 0.469 e. The maximum atomic E-state index is 14.3. The van der Waals surface area contributed by atoms with Crippen molar-refractivity contribution < 1.29 is 33.4 Å². The standard InChI is InChI=1S/C42H40N6O7/c1-5-41(52,6-2)39(51)44-27-16-21-13-14-29-26(15-21)42-25-11-7-10-23(33(25)47-40(42)54-29)22-9-8-12-28-31(22)24(18-48(28)19-49)30-17-43-37(53-30)34-35(42)55-38(46-34)32(20(3)4)45-36(27)50/h7-15,17-18,20,27,32,40,47,49,52H,5-6,16,19H2,1-4H3,(H,44,51)(H,45,50). The van der Waals surface area contributed by atoms with Crippen LogP contribution in [0.4, 0.5) is 5.69 Å². The van der Waals surface area contributed by atoms with Gasteiger partial charge in [-0.2, -0.15) is 0 Å². The molecule has 7 heterocycles. The Morgan fingerprint density at radius 3 is 2.64 bits per heavy atom. The number of hydrogen-bond donors (Lipinski definition) is 5. The summed E-state index contributed by atoms with van der Waals surface area (Å²) >= 11 is 0. The molecule has 6 aromatic rings. The molecule has 4 unspecified atom stereocenters. The molecule has 10 bridgehead atoms. The van der Waals surface area contributed by atoms with Crippen molar-refractivity contribution in [2.75, 3.05) is 5.32 Å². The van der Waals surface area contributed by atoms with Crippen LogP contribution in [0.15, 0.2) is 75.8 Å². The number of aliphatic hydroxyl groups excluding tert-OH is 1. The number of benzene rings is 3. The van der Waals surface area contributed by atoms with Crippen molar-refractivity contribution in [1.29, 1.82) is 0 Å². The number of rotatable bonds is 6. The molecule has 2 amide bonds. The van der Waals surface area contributed by atoms with Crippen LogP contribution in [0.3, 0.4) is 0 Å². The van der Waals surface area contributed by atoms with Gasteiger partial charge in [-0.1, -0.05) is 70.2 Å². The molecule has 0 saturated heterocycles. The van der Waals surface area contributed by atoms with Crippen molar-refractivity contribution in [2.24, 2.45) is 5.92 Å². The van der Waals surface area contributed by atoms with Crippen LogP contribution in [0, 0.1) is 5.92 Å². The first-order chi connectivity index (χ1) is 26.6. The van der Waals surface area contributed by atoms with Crippen LogP contribution >= 0.6 is 0 Å². The first-order valence-electron chi connectivity index (χ1n) is 18.8. The van der Waals surface area contributed by atoms with Crippen molar-refractivity contribution in [3.8, 4) is 39.8 Å². The predicted octanol–water partition coefficient (Wildman–Crippen LogP) is 5.77. The summed E-state index contributed by atoms with van der Waals surface area (Å²) in [6, 6.07) is 16.2. The molecule has 0 fully saturated rings. The summed E-state index contributed by atoms with van der Waals surface area (Å²) in [6.07, 6.45) is 3.38. The number of aliphatic hydroxyl groups is 2. The highest BCUT2D eigenvalue weighted by Gasteiger charge is 2.61. The van der Waals surface area contributed by atoms with Crippen LogP contribution in [0.2, 0.25) is 0 Å². The molecule has 0 saturated carbocycles. The van der Waals surface area contributed by atoms with Crippen LogP contribution in [0.25, 0.3) is 44.9 Å². The summed E-state index contributed by atoms with van der Waals surface area (Å²) in [6.45, 7) is 7.17. The molecule has 4 aliphatic rings. The van der Waals surface area contributed by atoms with E-state index < -0.39 is 41.1 Å². The molecule has 10 rings (SSSR count). The van der Waals surface area contributed by atoms with E-state index in [2.05, 4.69) is 34.1 Å². The SMILES string of the molecule is CCC(O)(CC)C(=O)NC1Cc2ccc3c(c2)C24c5cccc(c5NC2O3)-c2cccc3c2c(cn3CO)-c2cnc(o2)-c2nc(oc24)C(C(C)C)NC1=O. The molecule has 13 nitrogen and oxygen atoms in total. The molecular weight excluding hydrogens is 700 g/mol. The number of nitrogens with zero attached hydrogens (tertiary/aromatic N) is 3. The Morgan fingerprint density at radius 2 is 1.85 bits per heavy atom. The number of oxazole rings is 2. The zero-order chi connectivity index (χ0) is 38.0. The molecule has 13 heteroatoms. The number of fused-ring (bicyclic) bond motifs is 7. The Hall–Kier alpha value is -5.92. The third kappa shape index (κ3) is 4.53. The molecule has 0 radical (unpaired) electrons. The summed E-state index contributed by atoms with van der Waals surface area (Å²) in [5, 5.41) is 32.2. The quantitative estimate of drug-likeness (QED) is 0.141. The van der Waals surface area contributed by atoms with E-state index in [1.54, 1.807) is 24.6 Å². The number of nitrogens with one attached hydrogen (secondary N) is 3. The van der Waals surface area contributed by atoms with Crippen molar-refractivity contribution in [3.63, 3.8) is 0 Å². The number of hydrogen-bond acceptors (Lipinski definition) is 10. The van der Waals surface area contributed by atoms with Crippen LogP contribution in [0.5, 0.6) is 5.75 Å². The smallest absolute Gasteiger partial charge is 0.252 e. The minimum absolute atomic E-state index is 0.148. The van der Waals surface area contributed by atoms with Gasteiger partial charge in [0.05, 0.1) is 11.7 Å². The first-order valence-corrected chi connectivity index (χ1v) is 18.8. The number of para-hydroxylation sites is 1. The van der Waals surface area contributed by atoms with E-state index >= 15 is 0 Å². The van der Waals surface area contributed by atoms with Crippen LogP contribution < -0.4 is 20.7 Å². The molecule has 1 spiro atoms. The van der Waals surface area contributed by atoms with Crippen molar-refractivity contribution >= 4 is 28.4 Å². The first kappa shape index (κ1) is 33.6. The second kappa shape index (κ2) is 11.8. The summed E-state index contributed by atoms with van der Waals surface area (Å²) in [5.74, 6) is 0.783. The monoisotopic (exact) mass is 740 g/mol. The molecule has 0 aliphatic carbocycles. The van der Waals surface area contributed by atoms with Crippen molar-refractivity contribution in [1.82, 2.24) is 25.2 Å². The van der Waals surface area contributed by atoms with Gasteiger partial charge in [0.25, 0.3) is 5.91 Å². The van der Waals surface area contributed by atoms with Gasteiger partial charge in [0, 0.05) is 45.9 Å². The topological polar surface area (TPSA) is 177 Å². The number of anilines is 1. The van der Waals surface area contributed by atoms with E-state index in [0.717, 1.165) is 50.0 Å². The second-order valence-electron chi connectivity index (χ2n) is 15.3. The van der Waals surface area contributed by atoms with Gasteiger partial charge >= 0.3 is 0 Å². The Labute approximate surface area is 315 Å². The fraction of sp³-hybridized carbons (Fsp3) is 0.333. The molecule has 4 aliphatic heterocycles. The highest BCUT2D eigenvalue weighted by atomic mass is 16.5. The van der Waals surface area contributed by atoms with Gasteiger partial charge in [-0.15, -0.1) is 0 Å². The van der Waals surface area contributed by atoms with Crippen LogP contribution in [-0.2, 0) is 28.2 Å². The van der Waals surface area contributed by atoms with Gasteiger partial charge in [-0.05, 0) is 42.0 Å². The fourth-order valence-corrected chi connectivity index (χ4v) is 9.00. The summed E-state index contributed by atoms with van der Waals surface area (Å²) in [7, 11) is 0. The third-order valence-electron chi connectivity index (χ3n) is 12.1. The Bertz CT molecular complexity index is 2580. The van der Waals surface area contributed by atoms with Gasteiger partial charge in [-0.3, -0.25) is 9.59 Å². The predicted molar refractivity (Wildman–Crippen MR) is 202 cm³/mol. The number of aromatic nitrogens is 3. The normalized spacial score (nSPS) is 21.7. The minimum Gasteiger partial charge on any atom is -0.469 e.